The lowest BCUT2D eigenvalue weighted by atomic mass is 10.0. The minimum absolute atomic E-state index is 0.00279. The number of nitrogens with zero attached hydrogens (tertiary/aromatic N) is 4. The predicted molar refractivity (Wildman–Crippen MR) is 129 cm³/mol. The SMILES string of the molecule is CC(=O)N1CCN(c2nc(-c3c(O)cccc3F)c(Cl)c3c2C(=O)N2CCNC[C@@H]2CO3)[C@@H](C)C1. The first-order chi connectivity index (χ1) is 16.8. The van der Waals surface area contributed by atoms with Gasteiger partial charge < -0.3 is 29.9 Å². The Kier molecular flexibility index (Phi) is 6.18. The molecule has 4 heterocycles. The maximum absolute atomic E-state index is 14.9. The molecule has 3 aliphatic heterocycles. The van der Waals surface area contributed by atoms with Gasteiger partial charge in [0.25, 0.3) is 5.91 Å². The number of amides is 2. The average Bonchev–Trinajstić information content (AvgIpc) is 2.98. The van der Waals surface area contributed by atoms with Gasteiger partial charge in [-0.3, -0.25) is 9.59 Å². The number of pyridine rings is 1. The van der Waals surface area contributed by atoms with Crippen LogP contribution < -0.4 is 15.0 Å². The molecule has 3 aliphatic rings. The van der Waals surface area contributed by atoms with E-state index in [1.54, 1.807) is 9.80 Å². The van der Waals surface area contributed by atoms with E-state index in [-0.39, 0.29) is 63.8 Å². The number of anilines is 1. The lowest BCUT2D eigenvalue weighted by molar-refractivity contribution is -0.129. The summed E-state index contributed by atoms with van der Waals surface area (Å²) in [7, 11) is 0. The predicted octanol–water partition coefficient (Wildman–Crippen LogP) is 2.11. The molecule has 2 atom stereocenters. The minimum Gasteiger partial charge on any atom is -0.507 e. The Balaban J connectivity index is 1.71. The molecule has 186 valence electrons. The summed E-state index contributed by atoms with van der Waals surface area (Å²) < 4.78 is 21.0. The van der Waals surface area contributed by atoms with Crippen molar-refractivity contribution in [2.24, 2.45) is 0 Å². The third kappa shape index (κ3) is 4.04. The van der Waals surface area contributed by atoms with Crippen molar-refractivity contribution in [2.75, 3.05) is 50.8 Å². The number of aromatic nitrogens is 1. The Hall–Kier alpha value is -3.11. The largest absolute Gasteiger partial charge is 0.507 e. The number of phenols is 1. The van der Waals surface area contributed by atoms with Crippen LogP contribution in [0.2, 0.25) is 5.02 Å². The molecule has 1 aromatic heterocycles. The quantitative estimate of drug-likeness (QED) is 0.647. The van der Waals surface area contributed by atoms with E-state index in [2.05, 4.69) is 5.32 Å². The highest BCUT2D eigenvalue weighted by atomic mass is 35.5. The fraction of sp³-hybridized carbons (Fsp3) is 0.458. The number of ether oxygens (including phenoxy) is 1. The summed E-state index contributed by atoms with van der Waals surface area (Å²) in [5.41, 5.74) is 0.0707. The number of hydrogen-bond donors (Lipinski definition) is 2. The number of halogens is 2. The van der Waals surface area contributed by atoms with Crippen LogP contribution in [0.1, 0.15) is 24.2 Å². The number of hydrogen-bond acceptors (Lipinski definition) is 7. The molecule has 9 nitrogen and oxygen atoms in total. The molecule has 2 N–H and O–H groups in total. The Labute approximate surface area is 207 Å². The number of piperazine rings is 2. The maximum atomic E-state index is 14.9. The standard InChI is InChI=1S/C24H27ClFN5O4/c1-13-11-29(14(2)32)8-9-30(13)23-19-22(35-12-15-10-27-6-7-31(15)24(19)34)20(25)21(28-23)18-16(26)4-3-5-17(18)33/h3-5,13,15,27,33H,6-12H2,1-2H3/t13-,15+/m0/s1. The van der Waals surface area contributed by atoms with Gasteiger partial charge in [-0.15, -0.1) is 0 Å². The number of benzene rings is 1. The second kappa shape index (κ2) is 9.16. The van der Waals surface area contributed by atoms with Crippen molar-refractivity contribution in [2.45, 2.75) is 25.9 Å². The molecule has 0 radical (unpaired) electrons. The zero-order chi connectivity index (χ0) is 24.9. The topological polar surface area (TPSA) is 98.2 Å². The molecular weight excluding hydrogens is 477 g/mol. The Morgan fingerprint density at radius 2 is 2.06 bits per heavy atom. The fourth-order valence-corrected chi connectivity index (χ4v) is 5.32. The van der Waals surface area contributed by atoms with Crippen LogP contribution in [0, 0.1) is 5.82 Å². The maximum Gasteiger partial charge on any atom is 0.261 e. The molecule has 35 heavy (non-hydrogen) atoms. The van der Waals surface area contributed by atoms with Crippen LogP contribution >= 0.6 is 11.6 Å². The second-order valence-corrected chi connectivity index (χ2v) is 9.49. The summed E-state index contributed by atoms with van der Waals surface area (Å²) in [6.07, 6.45) is 0. The Morgan fingerprint density at radius 3 is 2.77 bits per heavy atom. The highest BCUT2D eigenvalue weighted by molar-refractivity contribution is 6.35. The summed E-state index contributed by atoms with van der Waals surface area (Å²) >= 11 is 6.73. The van der Waals surface area contributed by atoms with Crippen molar-refractivity contribution in [1.82, 2.24) is 20.1 Å². The lowest BCUT2D eigenvalue weighted by Gasteiger charge is -2.41. The second-order valence-electron chi connectivity index (χ2n) is 9.11. The molecule has 2 saturated heterocycles. The number of carbonyl (C=O) groups is 2. The Morgan fingerprint density at radius 1 is 1.26 bits per heavy atom. The molecule has 2 aromatic rings. The highest BCUT2D eigenvalue weighted by Crippen LogP contribution is 2.46. The molecule has 0 saturated carbocycles. The van der Waals surface area contributed by atoms with Gasteiger partial charge in [0.1, 0.15) is 40.3 Å². The molecular formula is C24H27ClFN5O4. The third-order valence-electron chi connectivity index (χ3n) is 6.89. The molecule has 5 rings (SSSR count). The summed E-state index contributed by atoms with van der Waals surface area (Å²) in [6.45, 7) is 6.73. The van der Waals surface area contributed by atoms with Crippen LogP contribution in [0.5, 0.6) is 11.5 Å². The van der Waals surface area contributed by atoms with Crippen LogP contribution in [-0.2, 0) is 4.79 Å². The monoisotopic (exact) mass is 503 g/mol. The van der Waals surface area contributed by atoms with E-state index in [1.807, 2.05) is 11.8 Å². The molecule has 11 heteroatoms. The number of fused-ring (bicyclic) bond motifs is 2. The van der Waals surface area contributed by atoms with Crippen molar-refractivity contribution in [1.29, 1.82) is 0 Å². The number of phenolic OH excluding ortho intramolecular Hbond substituents is 1. The zero-order valence-corrected chi connectivity index (χ0v) is 20.3. The van der Waals surface area contributed by atoms with E-state index in [0.717, 1.165) is 0 Å². The molecule has 2 amide bonds. The molecule has 0 aliphatic carbocycles. The number of rotatable bonds is 2. The van der Waals surface area contributed by atoms with Crippen LogP contribution in [0.25, 0.3) is 11.3 Å². The Bertz CT molecular complexity index is 1170. The fourth-order valence-electron chi connectivity index (χ4n) is 5.04. The van der Waals surface area contributed by atoms with Crippen LogP contribution in [0.4, 0.5) is 10.2 Å². The van der Waals surface area contributed by atoms with Crippen molar-refractivity contribution < 1.29 is 23.8 Å². The van der Waals surface area contributed by atoms with E-state index in [4.69, 9.17) is 21.3 Å². The smallest absolute Gasteiger partial charge is 0.261 e. The van der Waals surface area contributed by atoms with E-state index >= 15 is 0 Å². The summed E-state index contributed by atoms with van der Waals surface area (Å²) in [5.74, 6) is -0.849. The van der Waals surface area contributed by atoms with Gasteiger partial charge in [-0.1, -0.05) is 17.7 Å². The van der Waals surface area contributed by atoms with E-state index in [1.165, 1.54) is 25.1 Å². The van der Waals surface area contributed by atoms with Crippen molar-refractivity contribution >= 4 is 29.2 Å². The first-order valence-corrected chi connectivity index (χ1v) is 12.0. The molecule has 2 fully saturated rings. The number of carbonyl (C=O) groups excluding carboxylic acids is 2. The average molecular weight is 504 g/mol. The first kappa shape index (κ1) is 23.6. The van der Waals surface area contributed by atoms with Gasteiger partial charge in [0.15, 0.2) is 5.75 Å². The third-order valence-corrected chi connectivity index (χ3v) is 7.24. The molecule has 0 spiro atoms. The number of aromatic hydroxyl groups is 1. The van der Waals surface area contributed by atoms with Crippen LogP contribution in [-0.4, -0.2) is 89.7 Å². The van der Waals surface area contributed by atoms with Gasteiger partial charge in [0, 0.05) is 52.2 Å². The van der Waals surface area contributed by atoms with Crippen molar-refractivity contribution in [3.63, 3.8) is 0 Å². The zero-order valence-electron chi connectivity index (χ0n) is 19.6. The molecule has 0 bridgehead atoms. The minimum atomic E-state index is -0.693. The van der Waals surface area contributed by atoms with Gasteiger partial charge in [0.05, 0.1) is 11.6 Å². The molecule has 0 unspecified atom stereocenters. The number of nitrogens with one attached hydrogen (secondary N) is 1. The van der Waals surface area contributed by atoms with Gasteiger partial charge >= 0.3 is 0 Å². The summed E-state index contributed by atoms with van der Waals surface area (Å²) in [6, 6.07) is 3.59. The summed E-state index contributed by atoms with van der Waals surface area (Å²) in [5, 5.41) is 13.7. The van der Waals surface area contributed by atoms with Crippen LogP contribution in [0.3, 0.4) is 0 Å². The van der Waals surface area contributed by atoms with E-state index < -0.39 is 5.82 Å². The van der Waals surface area contributed by atoms with Crippen molar-refractivity contribution in [3.05, 3.63) is 34.6 Å². The normalized spacial score (nSPS) is 22.3. The van der Waals surface area contributed by atoms with E-state index in [0.29, 0.717) is 45.1 Å². The first-order valence-electron chi connectivity index (χ1n) is 11.7. The van der Waals surface area contributed by atoms with Crippen molar-refractivity contribution in [3.8, 4) is 22.8 Å². The van der Waals surface area contributed by atoms with Gasteiger partial charge in [-0.25, -0.2) is 9.37 Å². The van der Waals surface area contributed by atoms with Gasteiger partial charge in [-0.2, -0.15) is 0 Å². The summed E-state index contributed by atoms with van der Waals surface area (Å²) in [4.78, 5) is 35.9. The van der Waals surface area contributed by atoms with E-state index in [9.17, 15) is 19.1 Å². The van der Waals surface area contributed by atoms with Gasteiger partial charge in [-0.05, 0) is 19.1 Å². The molecule has 1 aromatic carbocycles. The lowest BCUT2D eigenvalue weighted by Crippen LogP contribution is -2.56. The van der Waals surface area contributed by atoms with Gasteiger partial charge in [0.2, 0.25) is 5.91 Å². The van der Waals surface area contributed by atoms with Crippen LogP contribution in [0.15, 0.2) is 18.2 Å². The highest BCUT2D eigenvalue weighted by Gasteiger charge is 2.40.